The highest BCUT2D eigenvalue weighted by Gasteiger charge is 2.29. The molecule has 0 unspecified atom stereocenters. The Morgan fingerprint density at radius 2 is 2.11 bits per heavy atom. The van der Waals surface area contributed by atoms with E-state index in [0.29, 0.717) is 5.56 Å². The Balaban J connectivity index is 3.31. The number of methoxy groups -OCH3 is 1. The molecule has 5 nitrogen and oxygen atoms in total. The molecular weight excluding hydrogens is 259 g/mol. The lowest BCUT2D eigenvalue weighted by Crippen LogP contribution is -2.32. The van der Waals surface area contributed by atoms with Gasteiger partial charge in [-0.25, -0.2) is 17.9 Å². The Labute approximate surface area is 105 Å². The van der Waals surface area contributed by atoms with E-state index in [1.165, 1.54) is 20.1 Å². The average Bonchev–Trinajstić information content (AvgIpc) is 2.30. The largest absolute Gasteiger partial charge is 0.375 e. The lowest BCUT2D eigenvalue weighted by Gasteiger charge is -2.22. The summed E-state index contributed by atoms with van der Waals surface area (Å²) in [5.41, 5.74) is 0.320. The van der Waals surface area contributed by atoms with Crippen LogP contribution in [-0.2, 0) is 14.8 Å². The van der Waals surface area contributed by atoms with Crippen molar-refractivity contribution in [1.82, 2.24) is 0 Å². The predicted octanol–water partition coefficient (Wildman–Crippen LogP) is 1.06. The summed E-state index contributed by atoms with van der Waals surface area (Å²) in [5, 5.41) is 12.9. The molecule has 2 atom stereocenters. The van der Waals surface area contributed by atoms with Crippen LogP contribution < -0.4 is 5.14 Å². The number of nitrogens with two attached hydrogens (primary N) is 1. The van der Waals surface area contributed by atoms with Crippen molar-refractivity contribution in [1.29, 1.82) is 5.26 Å². The zero-order valence-electron chi connectivity index (χ0n) is 9.92. The van der Waals surface area contributed by atoms with Crippen LogP contribution >= 0.6 is 0 Å². The highest BCUT2D eigenvalue weighted by Crippen LogP contribution is 2.27. The minimum Gasteiger partial charge on any atom is -0.375 e. The van der Waals surface area contributed by atoms with Crippen LogP contribution in [0.25, 0.3) is 0 Å². The number of hydrogen-bond acceptors (Lipinski definition) is 4. The Kier molecular flexibility index (Phi) is 4.40. The first kappa shape index (κ1) is 14.6. The normalized spacial score (nSPS) is 14.8. The van der Waals surface area contributed by atoms with Gasteiger partial charge in [0.2, 0.25) is 10.0 Å². The van der Waals surface area contributed by atoms with Crippen molar-refractivity contribution >= 4 is 10.0 Å². The molecule has 0 spiro atoms. The molecule has 1 rings (SSSR count). The summed E-state index contributed by atoms with van der Waals surface area (Å²) in [7, 11) is -2.52. The molecule has 2 N–H and O–H groups in total. The fourth-order valence-electron chi connectivity index (χ4n) is 1.62. The first-order chi connectivity index (χ1) is 8.31. The SMILES string of the molecule is CO[C@H](c1ccc(F)cc1C#N)[C@@H](C)S(N)(=O)=O. The Morgan fingerprint density at radius 1 is 1.50 bits per heavy atom. The van der Waals surface area contributed by atoms with Crippen molar-refractivity contribution in [3.63, 3.8) is 0 Å². The van der Waals surface area contributed by atoms with Gasteiger partial charge in [0.05, 0.1) is 11.6 Å². The monoisotopic (exact) mass is 272 g/mol. The van der Waals surface area contributed by atoms with Crippen molar-refractivity contribution in [3.05, 3.63) is 35.1 Å². The van der Waals surface area contributed by atoms with Gasteiger partial charge in [0.1, 0.15) is 17.2 Å². The molecule has 7 heteroatoms. The van der Waals surface area contributed by atoms with E-state index in [2.05, 4.69) is 0 Å². The van der Waals surface area contributed by atoms with Crippen LogP contribution in [0.3, 0.4) is 0 Å². The van der Waals surface area contributed by atoms with E-state index in [0.717, 1.165) is 12.1 Å². The maximum absolute atomic E-state index is 13.0. The van der Waals surface area contributed by atoms with Crippen LogP contribution in [0.5, 0.6) is 0 Å². The number of halogens is 1. The molecule has 0 aromatic heterocycles. The zero-order chi connectivity index (χ0) is 13.9. The number of nitrogens with zero attached hydrogens (tertiary/aromatic N) is 1. The lowest BCUT2D eigenvalue weighted by molar-refractivity contribution is 0.102. The minimum atomic E-state index is -3.83. The number of sulfonamides is 1. The van der Waals surface area contributed by atoms with Crippen molar-refractivity contribution in [3.8, 4) is 6.07 Å². The van der Waals surface area contributed by atoms with Crippen molar-refractivity contribution in [2.45, 2.75) is 18.3 Å². The number of rotatable bonds is 4. The molecule has 0 aliphatic heterocycles. The molecule has 0 saturated carbocycles. The van der Waals surface area contributed by atoms with Crippen LogP contribution in [0.2, 0.25) is 0 Å². The lowest BCUT2D eigenvalue weighted by atomic mass is 10.0. The van der Waals surface area contributed by atoms with E-state index in [1.54, 1.807) is 6.07 Å². The maximum Gasteiger partial charge on any atom is 0.214 e. The van der Waals surface area contributed by atoms with Crippen LogP contribution in [0.1, 0.15) is 24.2 Å². The summed E-state index contributed by atoms with van der Waals surface area (Å²) < 4.78 is 40.7. The Morgan fingerprint density at radius 3 is 2.56 bits per heavy atom. The van der Waals surface area contributed by atoms with Gasteiger partial charge in [0.15, 0.2) is 0 Å². The molecule has 0 saturated heterocycles. The third-order valence-corrected chi connectivity index (χ3v) is 3.92. The van der Waals surface area contributed by atoms with E-state index in [4.69, 9.17) is 15.1 Å². The number of benzene rings is 1. The quantitative estimate of drug-likeness (QED) is 0.886. The summed E-state index contributed by atoms with van der Waals surface area (Å²) in [5.74, 6) is -0.576. The van der Waals surface area contributed by atoms with Crippen molar-refractivity contribution < 1.29 is 17.5 Å². The summed E-state index contributed by atoms with van der Waals surface area (Å²) in [6.07, 6.45) is -0.921. The van der Waals surface area contributed by atoms with Gasteiger partial charge in [-0.2, -0.15) is 5.26 Å². The summed E-state index contributed by atoms with van der Waals surface area (Å²) in [4.78, 5) is 0. The maximum atomic E-state index is 13.0. The topological polar surface area (TPSA) is 93.2 Å². The van der Waals surface area contributed by atoms with Crippen molar-refractivity contribution in [2.24, 2.45) is 5.14 Å². The molecule has 0 radical (unpaired) electrons. The van der Waals surface area contributed by atoms with Gasteiger partial charge in [-0.3, -0.25) is 0 Å². The van der Waals surface area contributed by atoms with Crippen molar-refractivity contribution in [2.75, 3.05) is 7.11 Å². The third kappa shape index (κ3) is 3.04. The smallest absolute Gasteiger partial charge is 0.214 e. The van der Waals surface area contributed by atoms with Crippen LogP contribution in [0.4, 0.5) is 4.39 Å². The van der Waals surface area contributed by atoms with E-state index < -0.39 is 27.2 Å². The Bertz CT molecular complexity index is 580. The molecule has 0 aliphatic carbocycles. The highest BCUT2D eigenvalue weighted by molar-refractivity contribution is 7.89. The molecule has 0 bridgehead atoms. The van der Waals surface area contributed by atoms with Gasteiger partial charge < -0.3 is 4.74 Å². The van der Waals surface area contributed by atoms with Crippen LogP contribution in [0.15, 0.2) is 18.2 Å². The molecule has 0 amide bonds. The molecule has 1 aromatic rings. The minimum absolute atomic E-state index is 0.0253. The number of nitriles is 1. The second-order valence-corrected chi connectivity index (χ2v) is 5.72. The molecule has 98 valence electrons. The van der Waals surface area contributed by atoms with Gasteiger partial charge in [-0.15, -0.1) is 0 Å². The van der Waals surface area contributed by atoms with Gasteiger partial charge in [-0.1, -0.05) is 6.07 Å². The van der Waals surface area contributed by atoms with Crippen LogP contribution in [-0.4, -0.2) is 20.8 Å². The third-order valence-electron chi connectivity index (χ3n) is 2.64. The van der Waals surface area contributed by atoms with E-state index in [1.807, 2.05) is 0 Å². The Hall–Kier alpha value is -1.49. The molecule has 0 fully saturated rings. The standard InChI is InChI=1S/C11H13FN2O3S/c1-7(18(14,15)16)11(17-2)10-4-3-9(12)5-8(10)6-13/h3-5,7,11H,1-2H3,(H2,14,15,16)/t7-,11+/m1/s1. The fraction of sp³-hybridized carbons (Fsp3) is 0.364. The van der Waals surface area contributed by atoms with E-state index in [9.17, 15) is 12.8 Å². The molecule has 0 heterocycles. The molecule has 0 aliphatic rings. The number of primary sulfonamides is 1. The highest BCUT2D eigenvalue weighted by atomic mass is 32.2. The first-order valence-corrected chi connectivity index (χ1v) is 6.66. The second kappa shape index (κ2) is 5.44. The summed E-state index contributed by atoms with van der Waals surface area (Å²) >= 11 is 0. The van der Waals surface area contributed by atoms with Gasteiger partial charge >= 0.3 is 0 Å². The van der Waals surface area contributed by atoms with E-state index in [-0.39, 0.29) is 5.56 Å². The summed E-state index contributed by atoms with van der Waals surface area (Å²) in [6.45, 7) is 1.37. The molecule has 18 heavy (non-hydrogen) atoms. The number of ether oxygens (including phenoxy) is 1. The number of hydrogen-bond donors (Lipinski definition) is 1. The molecule has 1 aromatic carbocycles. The second-order valence-electron chi connectivity index (χ2n) is 3.79. The zero-order valence-corrected chi connectivity index (χ0v) is 10.7. The van der Waals surface area contributed by atoms with Crippen LogP contribution in [0, 0.1) is 17.1 Å². The van der Waals surface area contributed by atoms with Gasteiger partial charge in [0.25, 0.3) is 0 Å². The predicted molar refractivity (Wildman–Crippen MR) is 63.4 cm³/mol. The first-order valence-electron chi connectivity index (χ1n) is 5.05. The summed E-state index contributed by atoms with van der Waals surface area (Å²) in [6, 6.07) is 5.29. The average molecular weight is 272 g/mol. The van der Waals surface area contributed by atoms with Gasteiger partial charge in [-0.05, 0) is 19.1 Å². The van der Waals surface area contributed by atoms with Gasteiger partial charge in [0, 0.05) is 12.7 Å². The fourth-order valence-corrected chi connectivity index (χ4v) is 2.22. The molecular formula is C11H13FN2O3S. The van der Waals surface area contributed by atoms with E-state index >= 15 is 0 Å².